The second-order valence-electron chi connectivity index (χ2n) is 4.54. The lowest BCUT2D eigenvalue weighted by Crippen LogP contribution is -2.22. The summed E-state index contributed by atoms with van der Waals surface area (Å²) in [6, 6.07) is 8.20. The molecule has 0 amide bonds. The van der Waals surface area contributed by atoms with Gasteiger partial charge in [0.1, 0.15) is 0 Å². The van der Waals surface area contributed by atoms with Gasteiger partial charge in [0.25, 0.3) is 0 Å². The molecule has 5 nitrogen and oxygen atoms in total. The van der Waals surface area contributed by atoms with Crippen LogP contribution in [-0.4, -0.2) is 25.9 Å². The molecule has 3 rings (SSSR count). The summed E-state index contributed by atoms with van der Waals surface area (Å²) in [5.74, 6) is 0. The van der Waals surface area contributed by atoms with Crippen molar-refractivity contribution in [1.29, 1.82) is 0 Å². The summed E-state index contributed by atoms with van der Waals surface area (Å²) in [7, 11) is 1.93. The predicted molar refractivity (Wildman–Crippen MR) is 73.9 cm³/mol. The van der Waals surface area contributed by atoms with Crippen molar-refractivity contribution in [1.82, 2.24) is 24.7 Å². The highest BCUT2D eigenvalue weighted by Gasteiger charge is 2.19. The molecule has 98 valence electrons. The third kappa shape index (κ3) is 2.13. The molecule has 0 fully saturated rings. The zero-order valence-corrected chi connectivity index (χ0v) is 11.1. The van der Waals surface area contributed by atoms with E-state index in [9.17, 15) is 0 Å². The van der Waals surface area contributed by atoms with Crippen LogP contribution in [0.5, 0.6) is 0 Å². The number of hydrogen-bond donors (Lipinski definition) is 1. The van der Waals surface area contributed by atoms with E-state index in [1.165, 1.54) is 0 Å². The molecule has 0 bridgehead atoms. The van der Waals surface area contributed by atoms with Crippen molar-refractivity contribution in [2.24, 2.45) is 7.05 Å². The highest BCUT2D eigenvalue weighted by Crippen LogP contribution is 2.24. The second kappa shape index (κ2) is 4.85. The molecule has 19 heavy (non-hydrogen) atoms. The van der Waals surface area contributed by atoms with E-state index in [4.69, 9.17) is 0 Å². The van der Waals surface area contributed by atoms with Crippen molar-refractivity contribution < 1.29 is 0 Å². The molecule has 0 aliphatic heterocycles. The van der Waals surface area contributed by atoms with Crippen molar-refractivity contribution in [3.8, 4) is 0 Å². The summed E-state index contributed by atoms with van der Waals surface area (Å²) in [5, 5.41) is 12.4. The first-order valence-electron chi connectivity index (χ1n) is 6.45. The Labute approximate surface area is 111 Å². The third-order valence-electron chi connectivity index (χ3n) is 3.21. The van der Waals surface area contributed by atoms with Crippen LogP contribution in [0.4, 0.5) is 0 Å². The molecule has 0 radical (unpaired) electrons. The molecule has 0 aliphatic rings. The maximum Gasteiger partial charge on any atom is 0.0840 e. The summed E-state index contributed by atoms with van der Waals surface area (Å²) >= 11 is 0. The highest BCUT2D eigenvalue weighted by molar-refractivity contribution is 5.56. The Morgan fingerprint density at radius 3 is 2.89 bits per heavy atom. The molecule has 5 heteroatoms. The predicted octanol–water partition coefficient (Wildman–Crippen LogP) is 1.77. The monoisotopic (exact) mass is 255 g/mol. The fraction of sp³-hybridized carbons (Fsp3) is 0.286. The minimum atomic E-state index is 0.0751. The Kier molecular flexibility index (Phi) is 3.05. The van der Waals surface area contributed by atoms with Gasteiger partial charge in [0.15, 0.2) is 0 Å². The average Bonchev–Trinajstić information content (AvgIpc) is 3.03. The first-order chi connectivity index (χ1) is 9.29. The molecular weight excluding hydrogens is 238 g/mol. The Balaban J connectivity index is 2.09. The van der Waals surface area contributed by atoms with Gasteiger partial charge in [-0.2, -0.15) is 10.2 Å². The van der Waals surface area contributed by atoms with Gasteiger partial charge in [-0.25, -0.2) is 4.52 Å². The van der Waals surface area contributed by atoms with Gasteiger partial charge in [-0.1, -0.05) is 13.0 Å². The minimum Gasteiger partial charge on any atom is -0.305 e. The quantitative estimate of drug-likeness (QED) is 0.773. The van der Waals surface area contributed by atoms with Gasteiger partial charge in [0.05, 0.1) is 23.4 Å². The van der Waals surface area contributed by atoms with E-state index < -0.39 is 0 Å². The topological polar surface area (TPSA) is 47.2 Å². The first kappa shape index (κ1) is 11.9. The van der Waals surface area contributed by atoms with E-state index in [-0.39, 0.29) is 6.04 Å². The number of rotatable bonds is 4. The molecule has 1 atom stereocenters. The molecule has 0 aliphatic carbocycles. The molecule has 0 saturated carbocycles. The largest absolute Gasteiger partial charge is 0.305 e. The van der Waals surface area contributed by atoms with Gasteiger partial charge >= 0.3 is 0 Å². The molecule has 1 N–H and O–H groups in total. The second-order valence-corrected chi connectivity index (χ2v) is 4.54. The fourth-order valence-corrected chi connectivity index (χ4v) is 2.34. The number of nitrogens with one attached hydrogen (secondary N) is 1. The number of aryl methyl sites for hydroxylation is 1. The van der Waals surface area contributed by atoms with Crippen LogP contribution in [0.25, 0.3) is 5.52 Å². The van der Waals surface area contributed by atoms with Crippen molar-refractivity contribution in [2.75, 3.05) is 6.54 Å². The molecular formula is C14H17N5. The standard InChI is InChI=1S/C14H17N5/c1-3-15-14(12-7-9-18(2)17-12)11-10-16-19-8-5-4-6-13(11)19/h4-10,14-15H,3H2,1-2H3. The smallest absolute Gasteiger partial charge is 0.0840 e. The molecule has 3 aromatic rings. The maximum absolute atomic E-state index is 4.51. The van der Waals surface area contributed by atoms with E-state index in [0.717, 1.165) is 23.3 Å². The van der Waals surface area contributed by atoms with E-state index in [1.807, 2.05) is 53.0 Å². The van der Waals surface area contributed by atoms with Crippen LogP contribution in [0.1, 0.15) is 24.2 Å². The number of hydrogen-bond acceptors (Lipinski definition) is 3. The van der Waals surface area contributed by atoms with Crippen LogP contribution in [0.3, 0.4) is 0 Å². The van der Waals surface area contributed by atoms with Crippen molar-refractivity contribution in [3.05, 3.63) is 54.1 Å². The summed E-state index contributed by atoms with van der Waals surface area (Å²) in [6.07, 6.45) is 5.84. The van der Waals surface area contributed by atoms with Gasteiger partial charge in [-0.05, 0) is 24.7 Å². The Morgan fingerprint density at radius 1 is 1.26 bits per heavy atom. The molecule has 0 spiro atoms. The molecule has 1 unspecified atom stereocenters. The normalized spacial score (nSPS) is 12.9. The van der Waals surface area contributed by atoms with Gasteiger partial charge < -0.3 is 5.32 Å². The third-order valence-corrected chi connectivity index (χ3v) is 3.21. The van der Waals surface area contributed by atoms with Gasteiger partial charge in [0.2, 0.25) is 0 Å². The summed E-state index contributed by atoms with van der Waals surface area (Å²) < 4.78 is 3.72. The van der Waals surface area contributed by atoms with Crippen LogP contribution in [-0.2, 0) is 7.05 Å². The maximum atomic E-state index is 4.51. The van der Waals surface area contributed by atoms with Crippen LogP contribution in [0, 0.1) is 0 Å². The number of aromatic nitrogens is 4. The minimum absolute atomic E-state index is 0.0751. The van der Waals surface area contributed by atoms with Crippen LogP contribution in [0.15, 0.2) is 42.9 Å². The average molecular weight is 255 g/mol. The zero-order valence-electron chi connectivity index (χ0n) is 11.1. The SMILES string of the molecule is CCNC(c1ccn(C)n1)c1cnn2ccccc12. The molecule has 3 aromatic heterocycles. The first-order valence-corrected chi connectivity index (χ1v) is 6.45. The van der Waals surface area contributed by atoms with Gasteiger partial charge in [-0.3, -0.25) is 4.68 Å². The number of fused-ring (bicyclic) bond motifs is 1. The van der Waals surface area contributed by atoms with E-state index in [0.29, 0.717) is 0 Å². The Morgan fingerprint density at radius 2 is 2.16 bits per heavy atom. The van der Waals surface area contributed by atoms with Crippen molar-refractivity contribution in [2.45, 2.75) is 13.0 Å². The van der Waals surface area contributed by atoms with Gasteiger partial charge in [-0.15, -0.1) is 0 Å². The van der Waals surface area contributed by atoms with Crippen LogP contribution in [0.2, 0.25) is 0 Å². The molecule has 0 aromatic carbocycles. The number of nitrogens with zero attached hydrogens (tertiary/aromatic N) is 4. The number of pyridine rings is 1. The van der Waals surface area contributed by atoms with Crippen molar-refractivity contribution in [3.63, 3.8) is 0 Å². The highest BCUT2D eigenvalue weighted by atomic mass is 15.3. The molecule has 0 saturated heterocycles. The summed E-state index contributed by atoms with van der Waals surface area (Å²) in [5.41, 5.74) is 3.28. The van der Waals surface area contributed by atoms with Crippen LogP contribution < -0.4 is 5.32 Å². The van der Waals surface area contributed by atoms with E-state index in [2.05, 4.69) is 28.5 Å². The summed E-state index contributed by atoms with van der Waals surface area (Å²) in [4.78, 5) is 0. The lowest BCUT2D eigenvalue weighted by molar-refractivity contribution is 0.603. The van der Waals surface area contributed by atoms with E-state index >= 15 is 0 Å². The molecule has 3 heterocycles. The Bertz CT molecular complexity index is 682. The fourth-order valence-electron chi connectivity index (χ4n) is 2.34. The zero-order chi connectivity index (χ0) is 13.2. The van der Waals surface area contributed by atoms with Gasteiger partial charge in [0, 0.05) is 25.0 Å². The lowest BCUT2D eigenvalue weighted by atomic mass is 10.1. The van der Waals surface area contributed by atoms with Crippen molar-refractivity contribution >= 4 is 5.52 Å². The lowest BCUT2D eigenvalue weighted by Gasteiger charge is -2.14. The van der Waals surface area contributed by atoms with Crippen LogP contribution >= 0.6 is 0 Å². The van der Waals surface area contributed by atoms with E-state index in [1.54, 1.807) is 0 Å². The Hall–Kier alpha value is -2.14. The summed E-state index contributed by atoms with van der Waals surface area (Å²) in [6.45, 7) is 2.98.